The molecule has 2 fully saturated rings. The molecule has 1 N–H and O–H groups in total. The van der Waals surface area contributed by atoms with Gasteiger partial charge in [-0.2, -0.15) is 0 Å². The number of rotatable bonds is 5. The Bertz CT molecular complexity index is 1270. The van der Waals surface area contributed by atoms with E-state index in [1.807, 2.05) is 18.2 Å². The molecule has 0 radical (unpaired) electrons. The van der Waals surface area contributed by atoms with Gasteiger partial charge in [0.25, 0.3) is 5.91 Å². The Morgan fingerprint density at radius 2 is 1.89 bits per heavy atom. The van der Waals surface area contributed by atoms with Crippen LogP contribution in [-0.4, -0.2) is 82.2 Å². The van der Waals surface area contributed by atoms with Crippen LogP contribution >= 0.6 is 0 Å². The molecule has 10 nitrogen and oxygen atoms in total. The van der Waals surface area contributed by atoms with Crippen molar-refractivity contribution in [3.63, 3.8) is 0 Å². The number of nitrogens with zero attached hydrogens (tertiary/aromatic N) is 3. The summed E-state index contributed by atoms with van der Waals surface area (Å²) in [7, 11) is 1.52. The number of fused-ring (bicyclic) bond motifs is 2. The topological polar surface area (TPSA) is 118 Å². The lowest BCUT2D eigenvalue weighted by atomic mass is 9.72. The number of sulfonamides is 1. The number of benzene rings is 1. The van der Waals surface area contributed by atoms with E-state index in [4.69, 9.17) is 9.57 Å². The molecule has 1 aromatic carbocycles. The van der Waals surface area contributed by atoms with E-state index in [1.54, 1.807) is 12.1 Å². The minimum atomic E-state index is -3.54. The van der Waals surface area contributed by atoms with Crippen molar-refractivity contribution in [2.75, 3.05) is 40.8 Å². The van der Waals surface area contributed by atoms with Gasteiger partial charge >= 0.3 is 5.97 Å². The second-order valence-electron chi connectivity index (χ2n) is 9.45. The molecule has 0 unspecified atom stereocenters. The summed E-state index contributed by atoms with van der Waals surface area (Å²) in [5.74, 6) is -0.643. The Kier molecular flexibility index (Phi) is 6.02. The standard InChI is InChI=1S/C24H28N4O6S/c1-27(2)35(31,32)15-6-4-14(5-7-15)17-12-18-21(19-13-28(3)10-8-16(17)19)25-23(29)22(18)26-34-20-9-11-33-24(20)30/h4-7,12,16,19-20H,8-11,13H2,1-3H3,(H,25,26,29)/t16-,19-,20-/m1/s1. The summed E-state index contributed by atoms with van der Waals surface area (Å²) in [6.45, 7) is 1.95. The molecule has 186 valence electrons. The molecule has 1 aliphatic carbocycles. The monoisotopic (exact) mass is 500 g/mol. The average Bonchev–Trinajstić information content (AvgIpc) is 3.38. The van der Waals surface area contributed by atoms with Crippen molar-refractivity contribution in [3.8, 4) is 0 Å². The third-order valence-corrected chi connectivity index (χ3v) is 8.85. The van der Waals surface area contributed by atoms with Gasteiger partial charge in [-0.05, 0) is 55.3 Å². The number of nitrogens with one attached hydrogen (secondary N) is 1. The minimum Gasteiger partial charge on any atom is -0.463 e. The summed E-state index contributed by atoms with van der Waals surface area (Å²) in [6.07, 6.45) is 2.42. The van der Waals surface area contributed by atoms with Gasteiger partial charge in [0, 0.05) is 44.2 Å². The van der Waals surface area contributed by atoms with E-state index in [0.717, 1.165) is 36.3 Å². The minimum absolute atomic E-state index is 0.0435. The number of hydrogen-bond donors (Lipinski definition) is 1. The first kappa shape index (κ1) is 23.7. The molecule has 3 aliphatic heterocycles. The fraction of sp³-hybridized carbons (Fsp3) is 0.458. The fourth-order valence-electron chi connectivity index (χ4n) is 5.09. The Balaban J connectivity index is 1.53. The van der Waals surface area contributed by atoms with Crippen molar-refractivity contribution in [1.29, 1.82) is 0 Å². The Hall–Kier alpha value is -3.02. The number of esters is 1. The van der Waals surface area contributed by atoms with Gasteiger partial charge in [0.1, 0.15) is 0 Å². The first-order valence-electron chi connectivity index (χ1n) is 11.6. The normalized spacial score (nSPS) is 28.1. The molecule has 35 heavy (non-hydrogen) atoms. The zero-order valence-electron chi connectivity index (χ0n) is 19.9. The summed E-state index contributed by atoms with van der Waals surface area (Å²) in [4.78, 5) is 32.5. The maximum Gasteiger partial charge on any atom is 0.350 e. The van der Waals surface area contributed by atoms with Gasteiger partial charge in [-0.3, -0.25) is 4.79 Å². The number of allylic oxidation sites excluding steroid dienone is 2. The van der Waals surface area contributed by atoms with Gasteiger partial charge in [0.05, 0.1) is 11.5 Å². The predicted octanol–water partition coefficient (Wildman–Crippen LogP) is 0.974. The molecule has 0 saturated carbocycles. The number of carbonyl (C=O) groups excluding carboxylic acids is 2. The highest BCUT2D eigenvalue weighted by molar-refractivity contribution is 7.89. The van der Waals surface area contributed by atoms with Crippen molar-refractivity contribution in [2.24, 2.45) is 17.0 Å². The third-order valence-electron chi connectivity index (χ3n) is 7.02. The number of cyclic esters (lactones) is 1. The Morgan fingerprint density at radius 1 is 1.14 bits per heavy atom. The van der Waals surface area contributed by atoms with Crippen LogP contribution in [0.15, 0.2) is 51.7 Å². The Morgan fingerprint density at radius 3 is 2.54 bits per heavy atom. The summed E-state index contributed by atoms with van der Waals surface area (Å²) in [6, 6.07) is 6.85. The fourth-order valence-corrected chi connectivity index (χ4v) is 5.99. The lowest BCUT2D eigenvalue weighted by Crippen LogP contribution is -2.42. The van der Waals surface area contributed by atoms with Gasteiger partial charge in [-0.25, -0.2) is 17.5 Å². The summed E-state index contributed by atoms with van der Waals surface area (Å²) < 4.78 is 31.1. The molecular formula is C24H28N4O6S. The van der Waals surface area contributed by atoms with E-state index >= 15 is 0 Å². The molecule has 3 heterocycles. The average molecular weight is 501 g/mol. The smallest absolute Gasteiger partial charge is 0.350 e. The summed E-state index contributed by atoms with van der Waals surface area (Å²) >= 11 is 0. The number of ether oxygens (including phenoxy) is 1. The van der Waals surface area contributed by atoms with Crippen LogP contribution in [0.5, 0.6) is 0 Å². The second-order valence-corrected chi connectivity index (χ2v) is 11.6. The third kappa shape index (κ3) is 4.17. The van der Waals surface area contributed by atoms with Crippen LogP contribution in [-0.2, 0) is 29.2 Å². The van der Waals surface area contributed by atoms with Crippen LogP contribution < -0.4 is 5.32 Å². The van der Waals surface area contributed by atoms with Gasteiger partial charge in [-0.15, -0.1) is 0 Å². The first-order valence-corrected chi connectivity index (χ1v) is 13.0. The highest BCUT2D eigenvalue weighted by atomic mass is 32.2. The van der Waals surface area contributed by atoms with Gasteiger partial charge in [0.15, 0.2) is 5.71 Å². The Labute approximate surface area is 204 Å². The van der Waals surface area contributed by atoms with E-state index in [2.05, 4.69) is 22.4 Å². The van der Waals surface area contributed by atoms with Gasteiger partial charge in [-0.1, -0.05) is 17.3 Å². The summed E-state index contributed by atoms with van der Waals surface area (Å²) in [5.41, 5.74) is 3.53. The van der Waals surface area contributed by atoms with Crippen LogP contribution in [0.4, 0.5) is 0 Å². The number of oxime groups is 1. The zero-order valence-corrected chi connectivity index (χ0v) is 20.7. The largest absolute Gasteiger partial charge is 0.463 e. The van der Waals surface area contributed by atoms with E-state index in [1.165, 1.54) is 18.4 Å². The molecule has 4 aliphatic rings. The van der Waals surface area contributed by atoms with Crippen molar-refractivity contribution >= 4 is 33.2 Å². The molecule has 2 saturated heterocycles. The maximum atomic E-state index is 12.9. The molecule has 1 aromatic rings. The lowest BCUT2D eigenvalue weighted by Gasteiger charge is -2.41. The number of hydrogen-bond acceptors (Lipinski definition) is 8. The molecule has 0 spiro atoms. The van der Waals surface area contributed by atoms with Gasteiger partial charge in [0.2, 0.25) is 16.1 Å². The van der Waals surface area contributed by atoms with Crippen LogP contribution in [0, 0.1) is 11.8 Å². The second kappa shape index (κ2) is 8.89. The van der Waals surface area contributed by atoms with E-state index < -0.39 is 22.1 Å². The quantitative estimate of drug-likeness (QED) is 0.473. The van der Waals surface area contributed by atoms with Crippen molar-refractivity contribution in [2.45, 2.75) is 23.8 Å². The predicted molar refractivity (Wildman–Crippen MR) is 127 cm³/mol. The molecule has 11 heteroatoms. The van der Waals surface area contributed by atoms with Crippen molar-refractivity contribution < 1.29 is 27.6 Å². The maximum absolute atomic E-state index is 12.9. The van der Waals surface area contributed by atoms with Crippen LogP contribution in [0.2, 0.25) is 0 Å². The number of amides is 1. The number of likely N-dealkylation sites (tertiary alicyclic amines) is 1. The summed E-state index contributed by atoms with van der Waals surface area (Å²) in [5, 5.41) is 7.06. The molecule has 3 atom stereocenters. The van der Waals surface area contributed by atoms with Crippen molar-refractivity contribution in [1.82, 2.24) is 14.5 Å². The molecule has 0 bridgehead atoms. The van der Waals surface area contributed by atoms with Crippen LogP contribution in [0.25, 0.3) is 5.57 Å². The van der Waals surface area contributed by atoms with E-state index in [9.17, 15) is 18.0 Å². The lowest BCUT2D eigenvalue weighted by molar-refractivity contribution is -0.147. The van der Waals surface area contributed by atoms with E-state index in [0.29, 0.717) is 12.0 Å². The SMILES string of the molecule is CN1CC[C@@H]2C(c3ccc(S(=O)(=O)N(C)C)cc3)=CC3=C(NC(=O)/C3=N/O[C@@H]3CCOC3=O)[C@@H]2C1. The van der Waals surface area contributed by atoms with E-state index in [-0.39, 0.29) is 35.0 Å². The highest BCUT2D eigenvalue weighted by Crippen LogP contribution is 2.45. The van der Waals surface area contributed by atoms with Gasteiger partial charge < -0.3 is 19.8 Å². The molecule has 5 rings (SSSR count). The molecule has 1 amide bonds. The number of carbonyl (C=O) groups is 2. The van der Waals surface area contributed by atoms with Crippen LogP contribution in [0.3, 0.4) is 0 Å². The van der Waals surface area contributed by atoms with Crippen LogP contribution in [0.1, 0.15) is 18.4 Å². The first-order chi connectivity index (χ1) is 16.7. The zero-order chi connectivity index (χ0) is 24.9. The molecule has 0 aromatic heterocycles. The highest BCUT2D eigenvalue weighted by Gasteiger charge is 2.43. The number of piperidine rings is 1. The molecular weight excluding hydrogens is 472 g/mol. The van der Waals surface area contributed by atoms with Crippen molar-refractivity contribution in [3.05, 3.63) is 47.2 Å².